The topological polar surface area (TPSA) is 120 Å². The number of hydrogen-bond donors (Lipinski definition) is 2. The van der Waals surface area contributed by atoms with Crippen molar-refractivity contribution in [1.29, 1.82) is 0 Å². The van der Waals surface area contributed by atoms with Gasteiger partial charge in [0.15, 0.2) is 5.54 Å². The van der Waals surface area contributed by atoms with Crippen molar-refractivity contribution in [2.24, 2.45) is 12.8 Å². The van der Waals surface area contributed by atoms with E-state index in [2.05, 4.69) is 10.3 Å². The summed E-state index contributed by atoms with van der Waals surface area (Å²) in [6, 6.07) is 0. The first-order chi connectivity index (χ1) is 10.5. The van der Waals surface area contributed by atoms with Gasteiger partial charge in [-0.3, -0.25) is 9.59 Å². The summed E-state index contributed by atoms with van der Waals surface area (Å²) in [4.78, 5) is 41.1. The van der Waals surface area contributed by atoms with Crippen molar-refractivity contribution in [1.82, 2.24) is 19.8 Å². The van der Waals surface area contributed by atoms with Crippen LogP contribution in [0.15, 0.2) is 12.5 Å². The van der Waals surface area contributed by atoms with Crippen LogP contribution in [0.5, 0.6) is 0 Å². The van der Waals surface area contributed by atoms with Crippen LogP contribution in [0.2, 0.25) is 0 Å². The first-order valence-electron chi connectivity index (χ1n) is 7.11. The van der Waals surface area contributed by atoms with Crippen LogP contribution in [0.25, 0.3) is 0 Å². The summed E-state index contributed by atoms with van der Waals surface area (Å²) in [6.07, 6.45) is 2.30. The lowest BCUT2D eigenvalue weighted by Crippen LogP contribution is -2.76. The van der Waals surface area contributed by atoms with Gasteiger partial charge in [-0.05, 0) is 20.8 Å². The minimum Gasteiger partial charge on any atom is -0.444 e. The van der Waals surface area contributed by atoms with Crippen LogP contribution in [-0.2, 0) is 16.6 Å². The molecule has 1 saturated heterocycles. The summed E-state index contributed by atoms with van der Waals surface area (Å²) in [5.74, 6) is -1.18. The Morgan fingerprint density at radius 1 is 1.35 bits per heavy atom. The lowest BCUT2D eigenvalue weighted by atomic mass is 9.89. The molecule has 23 heavy (non-hydrogen) atoms. The number of nitrogens with two attached hydrogens (primary N) is 1. The van der Waals surface area contributed by atoms with Crippen molar-refractivity contribution in [2.75, 3.05) is 13.1 Å². The Morgan fingerprint density at radius 2 is 1.96 bits per heavy atom. The minimum atomic E-state index is -1.29. The molecule has 0 saturated carbocycles. The van der Waals surface area contributed by atoms with Gasteiger partial charge in [0.25, 0.3) is 5.91 Å². The number of amides is 3. The normalized spacial score (nSPS) is 16.4. The molecule has 0 aliphatic carbocycles. The molecule has 0 bridgehead atoms. The molecule has 0 atom stereocenters. The van der Waals surface area contributed by atoms with Crippen molar-refractivity contribution >= 4 is 17.9 Å². The van der Waals surface area contributed by atoms with Gasteiger partial charge in [0, 0.05) is 7.05 Å². The van der Waals surface area contributed by atoms with Crippen LogP contribution in [0.4, 0.5) is 4.79 Å². The first kappa shape index (κ1) is 16.8. The molecule has 0 unspecified atom stereocenters. The van der Waals surface area contributed by atoms with Crippen molar-refractivity contribution in [3.8, 4) is 0 Å². The smallest absolute Gasteiger partial charge is 0.410 e. The van der Waals surface area contributed by atoms with Crippen LogP contribution in [0, 0.1) is 0 Å². The van der Waals surface area contributed by atoms with Crippen LogP contribution in [-0.4, -0.2) is 56.6 Å². The number of likely N-dealkylation sites (tertiary alicyclic amines) is 1. The lowest BCUT2D eigenvalue weighted by Gasteiger charge is -2.47. The fourth-order valence-electron chi connectivity index (χ4n) is 2.21. The third kappa shape index (κ3) is 3.43. The van der Waals surface area contributed by atoms with E-state index in [4.69, 9.17) is 10.5 Å². The molecule has 2 heterocycles. The number of imidazole rings is 1. The van der Waals surface area contributed by atoms with E-state index < -0.39 is 29.0 Å². The molecule has 2 rings (SSSR count). The van der Waals surface area contributed by atoms with Gasteiger partial charge in [-0.15, -0.1) is 0 Å². The van der Waals surface area contributed by atoms with Crippen molar-refractivity contribution in [3.63, 3.8) is 0 Å². The Kier molecular flexibility index (Phi) is 4.06. The molecule has 9 heteroatoms. The number of carbonyl (C=O) groups is 3. The maximum absolute atomic E-state index is 12.2. The highest BCUT2D eigenvalue weighted by atomic mass is 16.6. The number of rotatable bonds is 3. The van der Waals surface area contributed by atoms with E-state index in [0.717, 1.165) is 0 Å². The zero-order chi connectivity index (χ0) is 17.4. The summed E-state index contributed by atoms with van der Waals surface area (Å²) < 4.78 is 6.74. The monoisotopic (exact) mass is 323 g/mol. The van der Waals surface area contributed by atoms with Gasteiger partial charge in [-0.25, -0.2) is 9.78 Å². The Morgan fingerprint density at radius 3 is 2.39 bits per heavy atom. The molecule has 1 aromatic rings. The number of aromatic nitrogens is 2. The van der Waals surface area contributed by atoms with E-state index in [1.54, 1.807) is 27.8 Å². The molecule has 126 valence electrons. The van der Waals surface area contributed by atoms with Gasteiger partial charge in [0.2, 0.25) is 5.91 Å². The van der Waals surface area contributed by atoms with Crippen LogP contribution < -0.4 is 11.1 Å². The SMILES string of the molecule is Cn1cncc1C(=O)NC1(C(N)=O)CN(C(=O)OC(C)(C)C)C1. The third-order valence-corrected chi connectivity index (χ3v) is 3.45. The number of carbonyl (C=O) groups excluding carboxylic acids is 3. The Hall–Kier alpha value is -2.58. The fourth-order valence-corrected chi connectivity index (χ4v) is 2.21. The van der Waals surface area contributed by atoms with Gasteiger partial charge in [-0.1, -0.05) is 0 Å². The van der Waals surface area contributed by atoms with Crippen molar-refractivity contribution < 1.29 is 19.1 Å². The van der Waals surface area contributed by atoms with E-state index in [-0.39, 0.29) is 13.1 Å². The molecule has 1 fully saturated rings. The Bertz CT molecular complexity index is 640. The highest BCUT2D eigenvalue weighted by Crippen LogP contribution is 2.24. The highest BCUT2D eigenvalue weighted by Gasteiger charge is 2.52. The zero-order valence-electron chi connectivity index (χ0n) is 13.6. The fraction of sp³-hybridized carbons (Fsp3) is 0.571. The van der Waals surface area contributed by atoms with E-state index in [9.17, 15) is 14.4 Å². The molecule has 1 aliphatic heterocycles. The third-order valence-electron chi connectivity index (χ3n) is 3.45. The second kappa shape index (κ2) is 5.56. The zero-order valence-corrected chi connectivity index (χ0v) is 13.6. The van der Waals surface area contributed by atoms with Crippen LogP contribution >= 0.6 is 0 Å². The molecule has 3 N–H and O–H groups in total. The van der Waals surface area contributed by atoms with Gasteiger partial charge in [-0.2, -0.15) is 0 Å². The molecule has 0 spiro atoms. The Balaban J connectivity index is 2.04. The highest BCUT2D eigenvalue weighted by molar-refractivity contribution is 5.99. The second-order valence-corrected chi connectivity index (χ2v) is 6.63. The van der Waals surface area contributed by atoms with E-state index in [0.29, 0.717) is 5.69 Å². The molecule has 3 amide bonds. The predicted molar refractivity (Wildman–Crippen MR) is 80.4 cm³/mol. The number of primary amides is 1. The molecule has 1 aromatic heterocycles. The largest absolute Gasteiger partial charge is 0.444 e. The molecule has 0 aromatic carbocycles. The quantitative estimate of drug-likeness (QED) is 0.786. The lowest BCUT2D eigenvalue weighted by molar-refractivity contribution is -0.130. The number of nitrogens with zero attached hydrogens (tertiary/aromatic N) is 3. The van der Waals surface area contributed by atoms with Gasteiger partial charge < -0.3 is 25.3 Å². The van der Waals surface area contributed by atoms with Gasteiger partial charge in [0.05, 0.1) is 25.6 Å². The van der Waals surface area contributed by atoms with E-state index >= 15 is 0 Å². The van der Waals surface area contributed by atoms with Gasteiger partial charge in [0.1, 0.15) is 11.3 Å². The Labute approximate surface area is 133 Å². The number of ether oxygens (including phenoxy) is 1. The molecular weight excluding hydrogens is 302 g/mol. The number of hydrogen-bond acceptors (Lipinski definition) is 5. The maximum Gasteiger partial charge on any atom is 0.410 e. The van der Waals surface area contributed by atoms with Crippen molar-refractivity contribution in [3.05, 3.63) is 18.2 Å². The molecular formula is C14H21N5O4. The molecule has 1 aliphatic rings. The summed E-state index contributed by atoms with van der Waals surface area (Å²) in [5, 5.41) is 2.60. The molecule has 9 nitrogen and oxygen atoms in total. The summed E-state index contributed by atoms with van der Waals surface area (Å²) >= 11 is 0. The second-order valence-electron chi connectivity index (χ2n) is 6.63. The predicted octanol–water partition coefficient (Wildman–Crippen LogP) is -0.375. The van der Waals surface area contributed by atoms with Crippen LogP contribution in [0.1, 0.15) is 31.3 Å². The summed E-state index contributed by atoms with van der Waals surface area (Å²) in [6.45, 7) is 5.18. The maximum atomic E-state index is 12.2. The average molecular weight is 323 g/mol. The van der Waals surface area contributed by atoms with Crippen LogP contribution in [0.3, 0.4) is 0 Å². The van der Waals surface area contributed by atoms with Gasteiger partial charge >= 0.3 is 6.09 Å². The standard InChI is InChI=1S/C14H21N5O4/c1-13(2,3)23-12(22)19-6-14(7-19,11(15)21)17-10(20)9-5-16-8-18(9)4/h5,8H,6-7H2,1-4H3,(H2,15,21)(H,17,20). The average Bonchev–Trinajstić information content (AvgIpc) is 2.76. The molecule has 0 radical (unpaired) electrons. The number of aryl methyl sites for hydroxylation is 1. The first-order valence-corrected chi connectivity index (χ1v) is 7.11. The number of nitrogens with one attached hydrogen (secondary N) is 1. The summed E-state index contributed by atoms with van der Waals surface area (Å²) in [7, 11) is 1.66. The van der Waals surface area contributed by atoms with E-state index in [1.807, 2.05) is 0 Å². The summed E-state index contributed by atoms with van der Waals surface area (Å²) in [5.41, 5.74) is 3.77. The minimum absolute atomic E-state index is 0.0269. The van der Waals surface area contributed by atoms with Crippen molar-refractivity contribution in [2.45, 2.75) is 31.9 Å². The van der Waals surface area contributed by atoms with E-state index in [1.165, 1.54) is 22.0 Å².